The van der Waals surface area contributed by atoms with Gasteiger partial charge in [-0.25, -0.2) is 0 Å². The molecule has 0 radical (unpaired) electrons. The van der Waals surface area contributed by atoms with Crippen molar-refractivity contribution in [1.29, 1.82) is 5.26 Å². The molecule has 0 fully saturated rings. The van der Waals surface area contributed by atoms with Crippen LogP contribution in [0.1, 0.15) is 16.7 Å². The smallest absolute Gasteiger partial charge is 0.118 e. The van der Waals surface area contributed by atoms with Crippen molar-refractivity contribution >= 4 is 5.69 Å². The average molecular weight is 252 g/mol. The van der Waals surface area contributed by atoms with E-state index in [4.69, 9.17) is 10.00 Å². The number of nitrogens with zero attached hydrogens (tertiary/aromatic N) is 1. The molecule has 0 bridgehead atoms. The fourth-order valence-corrected chi connectivity index (χ4v) is 1.85. The van der Waals surface area contributed by atoms with E-state index in [1.807, 2.05) is 49.4 Å². The van der Waals surface area contributed by atoms with E-state index in [1.54, 1.807) is 7.11 Å². The number of aryl methyl sites for hydroxylation is 1. The minimum atomic E-state index is 0.675. The molecule has 2 aromatic carbocycles. The highest BCUT2D eigenvalue weighted by Gasteiger charge is 2.02. The summed E-state index contributed by atoms with van der Waals surface area (Å²) in [6.45, 7) is 2.66. The Labute approximate surface area is 113 Å². The van der Waals surface area contributed by atoms with Crippen LogP contribution in [0, 0.1) is 18.3 Å². The van der Waals surface area contributed by atoms with Gasteiger partial charge in [0.05, 0.1) is 18.4 Å². The van der Waals surface area contributed by atoms with Gasteiger partial charge in [0.25, 0.3) is 0 Å². The highest BCUT2D eigenvalue weighted by atomic mass is 16.5. The highest BCUT2D eigenvalue weighted by Crippen LogP contribution is 2.18. The molecule has 0 aliphatic heterocycles. The van der Waals surface area contributed by atoms with E-state index >= 15 is 0 Å². The van der Waals surface area contributed by atoms with Crippen LogP contribution < -0.4 is 10.1 Å². The summed E-state index contributed by atoms with van der Waals surface area (Å²) in [5, 5.41) is 12.4. The fourth-order valence-electron chi connectivity index (χ4n) is 1.85. The maximum absolute atomic E-state index is 9.10. The van der Waals surface area contributed by atoms with Crippen LogP contribution in [-0.4, -0.2) is 7.11 Å². The zero-order valence-electron chi connectivity index (χ0n) is 11.1. The Morgan fingerprint density at radius 3 is 2.53 bits per heavy atom. The van der Waals surface area contributed by atoms with Gasteiger partial charge in [-0.05, 0) is 42.3 Å². The van der Waals surface area contributed by atoms with E-state index in [-0.39, 0.29) is 0 Å². The average Bonchev–Trinajstić information content (AvgIpc) is 2.46. The van der Waals surface area contributed by atoms with Crippen molar-refractivity contribution in [2.45, 2.75) is 13.5 Å². The zero-order chi connectivity index (χ0) is 13.7. The van der Waals surface area contributed by atoms with E-state index in [2.05, 4.69) is 11.4 Å². The van der Waals surface area contributed by atoms with E-state index in [9.17, 15) is 0 Å². The summed E-state index contributed by atoms with van der Waals surface area (Å²) in [7, 11) is 1.65. The van der Waals surface area contributed by atoms with Crippen LogP contribution >= 0.6 is 0 Å². The van der Waals surface area contributed by atoms with E-state index in [0.29, 0.717) is 12.1 Å². The predicted molar refractivity (Wildman–Crippen MR) is 76.2 cm³/mol. The van der Waals surface area contributed by atoms with E-state index < -0.39 is 0 Å². The second-order valence-electron chi connectivity index (χ2n) is 4.36. The predicted octanol–water partition coefficient (Wildman–Crippen LogP) is 3.49. The van der Waals surface area contributed by atoms with Crippen molar-refractivity contribution < 1.29 is 4.74 Å². The van der Waals surface area contributed by atoms with Crippen LogP contribution in [0.15, 0.2) is 42.5 Å². The molecular formula is C16H16N2O. The number of ether oxygens (including phenoxy) is 1. The fraction of sp³-hybridized carbons (Fsp3) is 0.188. The molecule has 0 amide bonds. The van der Waals surface area contributed by atoms with Gasteiger partial charge in [0.15, 0.2) is 0 Å². The quantitative estimate of drug-likeness (QED) is 0.906. The first-order valence-electron chi connectivity index (χ1n) is 6.10. The first-order chi connectivity index (χ1) is 9.22. The Kier molecular flexibility index (Phi) is 4.04. The van der Waals surface area contributed by atoms with Gasteiger partial charge in [-0.1, -0.05) is 18.2 Å². The van der Waals surface area contributed by atoms with Crippen molar-refractivity contribution in [1.82, 2.24) is 0 Å². The van der Waals surface area contributed by atoms with Crippen LogP contribution in [0.25, 0.3) is 0 Å². The molecule has 0 aliphatic rings. The van der Waals surface area contributed by atoms with Crippen molar-refractivity contribution in [3.8, 4) is 11.8 Å². The van der Waals surface area contributed by atoms with Crippen molar-refractivity contribution in [2.24, 2.45) is 0 Å². The summed E-state index contributed by atoms with van der Waals surface area (Å²) in [4.78, 5) is 0. The third-order valence-corrected chi connectivity index (χ3v) is 2.94. The lowest BCUT2D eigenvalue weighted by Crippen LogP contribution is -2.01. The zero-order valence-corrected chi connectivity index (χ0v) is 11.1. The number of hydrogen-bond donors (Lipinski definition) is 1. The number of nitriles is 1. The molecule has 0 heterocycles. The molecular weight excluding hydrogens is 236 g/mol. The van der Waals surface area contributed by atoms with Crippen molar-refractivity contribution in [2.75, 3.05) is 12.4 Å². The Morgan fingerprint density at radius 1 is 1.16 bits per heavy atom. The lowest BCUT2D eigenvalue weighted by molar-refractivity contribution is 0.414. The van der Waals surface area contributed by atoms with Crippen LogP contribution in [0.3, 0.4) is 0 Å². The second-order valence-corrected chi connectivity index (χ2v) is 4.36. The minimum Gasteiger partial charge on any atom is -0.497 e. The van der Waals surface area contributed by atoms with E-state index in [1.165, 1.54) is 0 Å². The maximum atomic E-state index is 9.10. The van der Waals surface area contributed by atoms with Gasteiger partial charge in [0, 0.05) is 6.54 Å². The third-order valence-electron chi connectivity index (χ3n) is 2.94. The monoisotopic (exact) mass is 252 g/mol. The van der Waals surface area contributed by atoms with Crippen molar-refractivity contribution in [3.05, 3.63) is 59.2 Å². The minimum absolute atomic E-state index is 0.675. The number of rotatable bonds is 4. The molecule has 0 aromatic heterocycles. The van der Waals surface area contributed by atoms with Gasteiger partial charge in [-0.2, -0.15) is 5.26 Å². The molecule has 0 saturated carbocycles. The Morgan fingerprint density at radius 2 is 1.89 bits per heavy atom. The standard InChI is InChI=1S/C16H16N2O/c1-12-3-8-16(14(9-12)10-17)18-11-13-4-6-15(19-2)7-5-13/h3-9,18H,11H2,1-2H3. The SMILES string of the molecule is COc1ccc(CNc2ccc(C)cc2C#N)cc1. The van der Waals surface area contributed by atoms with Crippen LogP contribution in [0.5, 0.6) is 5.75 Å². The molecule has 96 valence electrons. The Bertz CT molecular complexity index is 597. The number of anilines is 1. The van der Waals surface area contributed by atoms with E-state index in [0.717, 1.165) is 22.6 Å². The molecule has 0 spiro atoms. The van der Waals surface area contributed by atoms with Crippen LogP contribution in [-0.2, 0) is 6.54 Å². The van der Waals surface area contributed by atoms with Crippen LogP contribution in [0.2, 0.25) is 0 Å². The molecule has 0 unspecified atom stereocenters. The van der Waals surface area contributed by atoms with Gasteiger partial charge in [-0.15, -0.1) is 0 Å². The topological polar surface area (TPSA) is 45.0 Å². The van der Waals surface area contributed by atoms with Gasteiger partial charge in [0.1, 0.15) is 11.8 Å². The number of nitrogens with one attached hydrogen (secondary N) is 1. The van der Waals surface area contributed by atoms with Gasteiger partial charge < -0.3 is 10.1 Å². The highest BCUT2D eigenvalue weighted by molar-refractivity contribution is 5.58. The molecule has 1 N–H and O–H groups in total. The summed E-state index contributed by atoms with van der Waals surface area (Å²) >= 11 is 0. The van der Waals surface area contributed by atoms with Gasteiger partial charge in [0.2, 0.25) is 0 Å². The molecule has 0 aliphatic carbocycles. The summed E-state index contributed by atoms with van der Waals surface area (Å²) in [6, 6.07) is 15.9. The summed E-state index contributed by atoms with van der Waals surface area (Å²) in [6.07, 6.45) is 0. The summed E-state index contributed by atoms with van der Waals surface area (Å²) < 4.78 is 5.12. The Balaban J connectivity index is 2.08. The molecule has 2 rings (SSSR count). The molecule has 2 aromatic rings. The van der Waals surface area contributed by atoms with Crippen LogP contribution in [0.4, 0.5) is 5.69 Å². The van der Waals surface area contributed by atoms with Crippen molar-refractivity contribution in [3.63, 3.8) is 0 Å². The first-order valence-corrected chi connectivity index (χ1v) is 6.10. The summed E-state index contributed by atoms with van der Waals surface area (Å²) in [5.41, 5.74) is 3.77. The number of benzene rings is 2. The third kappa shape index (κ3) is 3.26. The molecule has 0 saturated heterocycles. The van der Waals surface area contributed by atoms with Gasteiger partial charge >= 0.3 is 0 Å². The normalized spacial score (nSPS) is 9.74. The number of methoxy groups -OCH3 is 1. The Hall–Kier alpha value is -2.47. The molecule has 0 atom stereocenters. The molecule has 3 nitrogen and oxygen atoms in total. The molecule has 19 heavy (non-hydrogen) atoms. The molecule has 3 heteroatoms. The number of hydrogen-bond acceptors (Lipinski definition) is 3. The second kappa shape index (κ2) is 5.92. The lowest BCUT2D eigenvalue weighted by atomic mass is 10.1. The summed E-state index contributed by atoms with van der Waals surface area (Å²) in [5.74, 6) is 0.844. The lowest BCUT2D eigenvalue weighted by Gasteiger charge is -2.09. The largest absolute Gasteiger partial charge is 0.497 e. The maximum Gasteiger partial charge on any atom is 0.118 e. The van der Waals surface area contributed by atoms with Gasteiger partial charge in [-0.3, -0.25) is 0 Å². The first kappa shape index (κ1) is 13.0.